The molecule has 1 aliphatic heterocycles. The molecular formula is C14H19F2N5. The number of halogens is 2. The highest BCUT2D eigenvalue weighted by Gasteiger charge is 2.24. The largest absolute Gasteiger partial charge is 0.333 e. The molecule has 7 heteroatoms. The van der Waals surface area contributed by atoms with Crippen LogP contribution in [0.5, 0.6) is 0 Å². The van der Waals surface area contributed by atoms with E-state index in [1.54, 1.807) is 12.3 Å². The van der Waals surface area contributed by atoms with Gasteiger partial charge < -0.3 is 21.3 Å². The van der Waals surface area contributed by atoms with Crippen molar-refractivity contribution < 1.29 is 8.78 Å². The van der Waals surface area contributed by atoms with Crippen molar-refractivity contribution in [3.63, 3.8) is 0 Å². The second-order valence-electron chi connectivity index (χ2n) is 5.23. The predicted octanol–water partition coefficient (Wildman–Crippen LogP) is 1.46. The molecule has 21 heavy (non-hydrogen) atoms. The summed E-state index contributed by atoms with van der Waals surface area (Å²) in [6.07, 6.45) is 4.03. The van der Waals surface area contributed by atoms with Gasteiger partial charge in [-0.15, -0.1) is 0 Å². The lowest BCUT2D eigenvalue weighted by molar-refractivity contribution is 0.352. The zero-order chi connectivity index (χ0) is 15.5. The normalized spacial score (nSPS) is 21.1. The molecule has 4 N–H and O–H groups in total. The van der Waals surface area contributed by atoms with Crippen LogP contribution in [0.3, 0.4) is 0 Å². The minimum atomic E-state index is -0.853. The molecule has 5 nitrogen and oxygen atoms in total. The topological polar surface area (TPSA) is 65.7 Å². The SMILES string of the molecule is CN(C)CCC1(N)C=CNC(Nc2ccc(F)cc2F)=N1. The lowest BCUT2D eigenvalue weighted by Crippen LogP contribution is -2.45. The summed E-state index contributed by atoms with van der Waals surface area (Å²) in [7, 11) is 3.90. The van der Waals surface area contributed by atoms with Crippen LogP contribution in [0.4, 0.5) is 14.5 Å². The second-order valence-corrected chi connectivity index (χ2v) is 5.23. The third-order valence-electron chi connectivity index (χ3n) is 3.06. The van der Waals surface area contributed by atoms with Gasteiger partial charge in [0.15, 0.2) is 0 Å². The number of benzene rings is 1. The van der Waals surface area contributed by atoms with Gasteiger partial charge in [-0.05, 0) is 32.3 Å². The Hall–Kier alpha value is -1.99. The van der Waals surface area contributed by atoms with Crippen LogP contribution < -0.4 is 16.4 Å². The van der Waals surface area contributed by atoms with E-state index in [0.717, 1.165) is 12.6 Å². The minimum absolute atomic E-state index is 0.132. The van der Waals surface area contributed by atoms with Crippen LogP contribution in [0, 0.1) is 11.6 Å². The average molecular weight is 295 g/mol. The first kappa shape index (κ1) is 15.4. The van der Waals surface area contributed by atoms with Crippen LogP contribution in [0.15, 0.2) is 35.5 Å². The van der Waals surface area contributed by atoms with Gasteiger partial charge >= 0.3 is 0 Å². The fourth-order valence-corrected chi connectivity index (χ4v) is 1.87. The van der Waals surface area contributed by atoms with E-state index < -0.39 is 17.3 Å². The van der Waals surface area contributed by atoms with Crippen LogP contribution in [0.2, 0.25) is 0 Å². The van der Waals surface area contributed by atoms with E-state index in [1.165, 1.54) is 12.1 Å². The molecule has 0 aromatic heterocycles. The smallest absolute Gasteiger partial charge is 0.202 e. The zero-order valence-corrected chi connectivity index (χ0v) is 12.0. The zero-order valence-electron chi connectivity index (χ0n) is 12.0. The Bertz CT molecular complexity index is 570. The molecule has 0 amide bonds. The Kier molecular flexibility index (Phi) is 4.54. The van der Waals surface area contributed by atoms with E-state index in [9.17, 15) is 8.78 Å². The molecule has 0 fully saturated rings. The first-order chi connectivity index (χ1) is 9.88. The summed E-state index contributed by atoms with van der Waals surface area (Å²) in [5, 5.41) is 5.63. The van der Waals surface area contributed by atoms with E-state index in [-0.39, 0.29) is 5.69 Å². The molecule has 114 valence electrons. The fraction of sp³-hybridized carbons (Fsp3) is 0.357. The molecule has 1 heterocycles. The van der Waals surface area contributed by atoms with Crippen LogP contribution in [-0.4, -0.2) is 37.2 Å². The number of rotatable bonds is 4. The number of nitrogens with zero attached hydrogens (tertiary/aromatic N) is 2. The highest BCUT2D eigenvalue weighted by molar-refractivity contribution is 5.95. The van der Waals surface area contributed by atoms with Crippen LogP contribution in [0.25, 0.3) is 0 Å². The van der Waals surface area contributed by atoms with Crippen molar-refractivity contribution in [1.82, 2.24) is 10.2 Å². The first-order valence-electron chi connectivity index (χ1n) is 6.58. The van der Waals surface area contributed by atoms with Crippen LogP contribution >= 0.6 is 0 Å². The van der Waals surface area contributed by atoms with Gasteiger partial charge in [0.25, 0.3) is 0 Å². The Morgan fingerprint density at radius 1 is 1.38 bits per heavy atom. The van der Waals surface area contributed by atoms with Crippen LogP contribution in [0.1, 0.15) is 6.42 Å². The van der Waals surface area contributed by atoms with Crippen molar-refractivity contribution in [2.45, 2.75) is 12.1 Å². The highest BCUT2D eigenvalue weighted by atomic mass is 19.1. The van der Waals surface area contributed by atoms with Gasteiger partial charge in [-0.25, -0.2) is 13.8 Å². The lowest BCUT2D eigenvalue weighted by atomic mass is 10.1. The number of aliphatic imine (C=N–C) groups is 1. The third-order valence-corrected chi connectivity index (χ3v) is 3.06. The maximum absolute atomic E-state index is 13.6. The summed E-state index contributed by atoms with van der Waals surface area (Å²) in [4.78, 5) is 6.35. The summed E-state index contributed by atoms with van der Waals surface area (Å²) in [5.74, 6) is -0.995. The van der Waals surface area contributed by atoms with Crippen molar-refractivity contribution in [1.29, 1.82) is 0 Å². The van der Waals surface area contributed by atoms with Crippen molar-refractivity contribution >= 4 is 11.6 Å². The molecular weight excluding hydrogens is 276 g/mol. The summed E-state index contributed by atoms with van der Waals surface area (Å²) < 4.78 is 26.5. The fourth-order valence-electron chi connectivity index (χ4n) is 1.87. The molecule has 1 aromatic carbocycles. The minimum Gasteiger partial charge on any atom is -0.333 e. The molecule has 1 aliphatic rings. The summed E-state index contributed by atoms with van der Waals surface area (Å²) in [6.45, 7) is 0.766. The number of hydrogen-bond donors (Lipinski definition) is 3. The van der Waals surface area contributed by atoms with Gasteiger partial charge in [0.1, 0.15) is 17.3 Å². The summed E-state index contributed by atoms with van der Waals surface area (Å²) in [6, 6.07) is 3.29. The number of nitrogens with one attached hydrogen (secondary N) is 2. The highest BCUT2D eigenvalue weighted by Crippen LogP contribution is 2.18. The molecule has 1 aromatic rings. The first-order valence-corrected chi connectivity index (χ1v) is 6.58. The van der Waals surface area contributed by atoms with Gasteiger partial charge in [0.05, 0.1) is 5.69 Å². The van der Waals surface area contributed by atoms with E-state index in [4.69, 9.17) is 5.73 Å². The van der Waals surface area contributed by atoms with E-state index >= 15 is 0 Å². The molecule has 0 saturated heterocycles. The monoisotopic (exact) mass is 295 g/mol. The van der Waals surface area contributed by atoms with Gasteiger partial charge in [0.2, 0.25) is 5.96 Å². The summed E-state index contributed by atoms with van der Waals surface area (Å²) >= 11 is 0. The molecule has 1 unspecified atom stereocenters. The van der Waals surface area contributed by atoms with E-state index in [2.05, 4.69) is 15.6 Å². The molecule has 1 atom stereocenters. The van der Waals surface area contributed by atoms with Gasteiger partial charge in [-0.2, -0.15) is 0 Å². The number of nitrogens with two attached hydrogens (primary N) is 1. The maximum atomic E-state index is 13.6. The Labute approximate surface area is 122 Å². The van der Waals surface area contributed by atoms with Gasteiger partial charge in [-0.1, -0.05) is 0 Å². The van der Waals surface area contributed by atoms with Gasteiger partial charge in [-0.3, -0.25) is 0 Å². The van der Waals surface area contributed by atoms with E-state index in [0.29, 0.717) is 12.4 Å². The van der Waals surface area contributed by atoms with Crippen LogP contribution in [-0.2, 0) is 0 Å². The van der Waals surface area contributed by atoms with Crippen molar-refractivity contribution in [2.75, 3.05) is 26.0 Å². The number of hydrogen-bond acceptors (Lipinski definition) is 5. The average Bonchev–Trinajstić information content (AvgIpc) is 2.40. The van der Waals surface area contributed by atoms with Crippen molar-refractivity contribution in [3.8, 4) is 0 Å². The van der Waals surface area contributed by atoms with Crippen molar-refractivity contribution in [3.05, 3.63) is 42.1 Å². The quantitative estimate of drug-likeness (QED) is 0.787. The Balaban J connectivity index is 2.11. The Morgan fingerprint density at radius 2 is 2.14 bits per heavy atom. The second kappa shape index (κ2) is 6.19. The van der Waals surface area contributed by atoms with E-state index in [1.807, 2.05) is 19.0 Å². The van der Waals surface area contributed by atoms with Crippen molar-refractivity contribution in [2.24, 2.45) is 10.7 Å². The maximum Gasteiger partial charge on any atom is 0.202 e. The number of guanidine groups is 1. The molecule has 0 spiro atoms. The lowest BCUT2D eigenvalue weighted by Gasteiger charge is -2.28. The molecule has 0 aliphatic carbocycles. The molecule has 0 radical (unpaired) electrons. The third kappa shape index (κ3) is 4.24. The molecule has 0 bridgehead atoms. The standard InChI is InChI=1S/C14H19F2N5/c1-21(2)8-6-14(17)5-7-18-13(20-14)19-12-4-3-10(15)9-11(12)16/h3-5,7,9H,6,8,17H2,1-2H3,(H2,18,19,20). The number of anilines is 1. The summed E-state index contributed by atoms with van der Waals surface area (Å²) in [5.41, 5.74) is 5.46. The predicted molar refractivity (Wildman–Crippen MR) is 79.8 cm³/mol. The van der Waals surface area contributed by atoms with Gasteiger partial charge in [0, 0.05) is 25.2 Å². The molecule has 0 saturated carbocycles. The Morgan fingerprint density at radius 3 is 2.81 bits per heavy atom. The molecule has 2 rings (SSSR count).